The minimum absolute atomic E-state index is 0.000561. The van der Waals surface area contributed by atoms with Gasteiger partial charge >= 0.3 is 0 Å². The molecule has 6 heteroatoms. The summed E-state index contributed by atoms with van der Waals surface area (Å²) in [6.07, 6.45) is 2.37. The number of rotatable bonds is 3. The van der Waals surface area contributed by atoms with E-state index in [0.717, 1.165) is 17.0 Å². The predicted molar refractivity (Wildman–Crippen MR) is 84.0 cm³/mol. The number of hydrogen-bond donors (Lipinski definition) is 0. The molecule has 1 unspecified atom stereocenters. The highest BCUT2D eigenvalue weighted by Crippen LogP contribution is 2.17. The van der Waals surface area contributed by atoms with Gasteiger partial charge in [0.05, 0.1) is 12.7 Å². The van der Waals surface area contributed by atoms with Gasteiger partial charge in [0.25, 0.3) is 5.91 Å². The Bertz CT molecular complexity index is 671. The van der Waals surface area contributed by atoms with Gasteiger partial charge in [-0.15, -0.1) is 0 Å². The Morgan fingerprint density at radius 1 is 1.45 bits per heavy atom. The van der Waals surface area contributed by atoms with Crippen LogP contribution in [0.2, 0.25) is 5.02 Å². The summed E-state index contributed by atoms with van der Waals surface area (Å²) in [4.78, 5) is 14.4. The third-order valence-electron chi connectivity index (χ3n) is 3.82. The summed E-state index contributed by atoms with van der Waals surface area (Å²) in [5, 5.41) is 4.77. The number of aromatic nitrogens is 2. The lowest BCUT2D eigenvalue weighted by molar-refractivity contribution is -0.0211. The third-order valence-corrected chi connectivity index (χ3v) is 4.05. The lowest BCUT2D eigenvalue weighted by Gasteiger charge is -2.33. The van der Waals surface area contributed by atoms with Crippen LogP contribution in [-0.4, -0.2) is 46.4 Å². The third kappa shape index (κ3) is 3.31. The number of morpholine rings is 1. The van der Waals surface area contributed by atoms with Gasteiger partial charge in [-0.25, -0.2) is 0 Å². The van der Waals surface area contributed by atoms with Gasteiger partial charge in [-0.1, -0.05) is 23.7 Å². The van der Waals surface area contributed by atoms with Crippen LogP contribution >= 0.6 is 11.6 Å². The molecule has 0 N–H and O–H groups in total. The number of aryl methyl sites for hydroxylation is 1. The summed E-state index contributed by atoms with van der Waals surface area (Å²) < 4.78 is 7.39. The number of ether oxygens (including phenoxy) is 1. The standard InChI is InChI=1S/C16H18ClN3O2/c1-19-15(5-6-18-19)16(21)20-7-8-22-14(11-20)10-12-3-2-4-13(17)9-12/h2-6,9,14H,7-8,10-11H2,1H3. The van der Waals surface area contributed by atoms with Crippen molar-refractivity contribution in [2.24, 2.45) is 7.05 Å². The first-order valence-electron chi connectivity index (χ1n) is 7.27. The van der Waals surface area contributed by atoms with Crippen LogP contribution in [0, 0.1) is 0 Å². The highest BCUT2D eigenvalue weighted by molar-refractivity contribution is 6.30. The predicted octanol–water partition coefficient (Wildman–Crippen LogP) is 2.16. The minimum Gasteiger partial charge on any atom is -0.374 e. The van der Waals surface area contributed by atoms with Crippen LogP contribution in [0.15, 0.2) is 36.5 Å². The summed E-state index contributed by atoms with van der Waals surface area (Å²) in [6.45, 7) is 1.74. The molecule has 1 aliphatic heterocycles. The van der Waals surface area contributed by atoms with E-state index in [0.29, 0.717) is 25.4 Å². The summed E-state index contributed by atoms with van der Waals surface area (Å²) >= 11 is 6.01. The molecule has 0 bridgehead atoms. The van der Waals surface area contributed by atoms with E-state index in [1.807, 2.05) is 29.2 Å². The van der Waals surface area contributed by atoms with E-state index in [9.17, 15) is 4.79 Å². The first-order valence-corrected chi connectivity index (χ1v) is 7.64. The lowest BCUT2D eigenvalue weighted by Crippen LogP contribution is -2.46. The van der Waals surface area contributed by atoms with E-state index >= 15 is 0 Å². The second-order valence-electron chi connectivity index (χ2n) is 5.42. The largest absolute Gasteiger partial charge is 0.374 e. The van der Waals surface area contributed by atoms with Gasteiger partial charge in [0.2, 0.25) is 0 Å². The quantitative estimate of drug-likeness (QED) is 0.871. The summed E-state index contributed by atoms with van der Waals surface area (Å²) in [7, 11) is 1.77. The Hall–Kier alpha value is -1.85. The van der Waals surface area contributed by atoms with Crippen molar-refractivity contribution in [3.8, 4) is 0 Å². The zero-order valence-electron chi connectivity index (χ0n) is 12.4. The maximum Gasteiger partial charge on any atom is 0.272 e. The SMILES string of the molecule is Cn1nccc1C(=O)N1CCOC(Cc2cccc(Cl)c2)C1. The number of nitrogens with zero attached hydrogens (tertiary/aromatic N) is 3. The van der Waals surface area contributed by atoms with Crippen LogP contribution < -0.4 is 0 Å². The zero-order chi connectivity index (χ0) is 15.5. The number of carbonyl (C=O) groups is 1. The molecule has 1 fully saturated rings. The van der Waals surface area contributed by atoms with Gasteiger partial charge in [-0.2, -0.15) is 5.10 Å². The van der Waals surface area contributed by atoms with E-state index in [1.165, 1.54) is 0 Å². The Kier molecular flexibility index (Phi) is 4.45. The molecule has 1 aliphatic rings. The van der Waals surface area contributed by atoms with Gasteiger partial charge in [-0.05, 0) is 23.8 Å². The van der Waals surface area contributed by atoms with Crippen molar-refractivity contribution in [1.82, 2.24) is 14.7 Å². The first kappa shape index (κ1) is 15.1. The van der Waals surface area contributed by atoms with Crippen molar-refractivity contribution in [2.75, 3.05) is 19.7 Å². The van der Waals surface area contributed by atoms with Crippen LogP contribution in [0.5, 0.6) is 0 Å². The van der Waals surface area contributed by atoms with Crippen LogP contribution in [0.25, 0.3) is 0 Å². The molecule has 1 aromatic carbocycles. The molecule has 0 aliphatic carbocycles. The first-order chi connectivity index (χ1) is 10.6. The molecule has 1 atom stereocenters. The fourth-order valence-electron chi connectivity index (χ4n) is 2.70. The molecule has 116 valence electrons. The highest BCUT2D eigenvalue weighted by Gasteiger charge is 2.26. The maximum atomic E-state index is 12.5. The molecule has 2 aromatic rings. The second kappa shape index (κ2) is 6.50. The zero-order valence-corrected chi connectivity index (χ0v) is 13.2. The highest BCUT2D eigenvalue weighted by atomic mass is 35.5. The molecule has 22 heavy (non-hydrogen) atoms. The van der Waals surface area contributed by atoms with E-state index in [1.54, 1.807) is 24.0 Å². The van der Waals surface area contributed by atoms with E-state index in [2.05, 4.69) is 5.10 Å². The molecule has 2 heterocycles. The summed E-state index contributed by atoms with van der Waals surface area (Å²) in [5.74, 6) is -0.000561. The van der Waals surface area contributed by atoms with E-state index in [4.69, 9.17) is 16.3 Å². The number of carbonyl (C=O) groups excluding carboxylic acids is 1. The van der Waals surface area contributed by atoms with Gasteiger partial charge in [0, 0.05) is 37.8 Å². The average molecular weight is 320 g/mol. The van der Waals surface area contributed by atoms with Crippen molar-refractivity contribution in [3.63, 3.8) is 0 Å². The number of amides is 1. The topological polar surface area (TPSA) is 47.4 Å². The summed E-state index contributed by atoms with van der Waals surface area (Å²) in [6, 6.07) is 9.48. The van der Waals surface area contributed by atoms with Crippen LogP contribution in [0.3, 0.4) is 0 Å². The second-order valence-corrected chi connectivity index (χ2v) is 5.85. The Morgan fingerprint density at radius 3 is 3.05 bits per heavy atom. The Morgan fingerprint density at radius 2 is 2.32 bits per heavy atom. The smallest absolute Gasteiger partial charge is 0.272 e. The Labute approximate surface area is 134 Å². The number of hydrogen-bond acceptors (Lipinski definition) is 3. The molecule has 0 spiro atoms. The van der Waals surface area contributed by atoms with Crippen molar-refractivity contribution >= 4 is 17.5 Å². The fraction of sp³-hybridized carbons (Fsp3) is 0.375. The number of benzene rings is 1. The van der Waals surface area contributed by atoms with Gasteiger partial charge in [0.1, 0.15) is 5.69 Å². The molecular formula is C16H18ClN3O2. The van der Waals surface area contributed by atoms with Gasteiger partial charge in [0.15, 0.2) is 0 Å². The maximum absolute atomic E-state index is 12.5. The molecule has 1 amide bonds. The van der Waals surface area contributed by atoms with Gasteiger partial charge in [-0.3, -0.25) is 9.48 Å². The van der Waals surface area contributed by atoms with Crippen molar-refractivity contribution in [2.45, 2.75) is 12.5 Å². The van der Waals surface area contributed by atoms with Crippen LogP contribution in [0.4, 0.5) is 0 Å². The fourth-order valence-corrected chi connectivity index (χ4v) is 2.91. The number of halogens is 1. The lowest BCUT2D eigenvalue weighted by atomic mass is 10.1. The molecule has 0 radical (unpaired) electrons. The molecule has 3 rings (SSSR count). The molecule has 1 aromatic heterocycles. The average Bonchev–Trinajstić information content (AvgIpc) is 2.93. The molecular weight excluding hydrogens is 302 g/mol. The van der Waals surface area contributed by atoms with Gasteiger partial charge < -0.3 is 9.64 Å². The van der Waals surface area contributed by atoms with Crippen LogP contribution in [-0.2, 0) is 18.2 Å². The van der Waals surface area contributed by atoms with E-state index in [-0.39, 0.29) is 12.0 Å². The Balaban J connectivity index is 1.67. The molecule has 1 saturated heterocycles. The van der Waals surface area contributed by atoms with Crippen LogP contribution in [0.1, 0.15) is 16.1 Å². The monoisotopic (exact) mass is 319 g/mol. The van der Waals surface area contributed by atoms with E-state index < -0.39 is 0 Å². The molecule has 0 saturated carbocycles. The summed E-state index contributed by atoms with van der Waals surface area (Å²) in [5.41, 5.74) is 1.72. The molecule has 5 nitrogen and oxygen atoms in total. The van der Waals surface area contributed by atoms with Crippen molar-refractivity contribution in [1.29, 1.82) is 0 Å². The van der Waals surface area contributed by atoms with Crippen molar-refractivity contribution in [3.05, 3.63) is 52.8 Å². The van der Waals surface area contributed by atoms with Crippen molar-refractivity contribution < 1.29 is 9.53 Å². The minimum atomic E-state index is -0.00982. The normalized spacial score (nSPS) is 18.5.